The highest BCUT2D eigenvalue weighted by Gasteiger charge is 2.31. The van der Waals surface area contributed by atoms with Crippen LogP contribution in [0.25, 0.3) is 0 Å². The summed E-state index contributed by atoms with van der Waals surface area (Å²) in [6.45, 7) is 6.91. The van der Waals surface area contributed by atoms with E-state index in [2.05, 4.69) is 17.4 Å². The van der Waals surface area contributed by atoms with E-state index >= 15 is 0 Å². The van der Waals surface area contributed by atoms with Crippen LogP contribution in [0.3, 0.4) is 0 Å². The quantitative estimate of drug-likeness (QED) is 0.757. The second-order valence-corrected chi connectivity index (χ2v) is 9.08. The van der Waals surface area contributed by atoms with E-state index in [1.807, 2.05) is 24.8 Å². The van der Waals surface area contributed by atoms with Gasteiger partial charge in [-0.15, -0.1) is 0 Å². The van der Waals surface area contributed by atoms with E-state index in [-0.39, 0.29) is 12.5 Å². The SMILES string of the molecule is CCN(CC)S(=O)(=O)N1CCN(CC(=O)Nc2ccc3c(c2)CCC3)CC1. The zero-order valence-electron chi connectivity index (χ0n) is 16.3. The predicted molar refractivity (Wildman–Crippen MR) is 107 cm³/mol. The van der Waals surface area contributed by atoms with Gasteiger partial charge in [-0.2, -0.15) is 17.0 Å². The lowest BCUT2D eigenvalue weighted by Crippen LogP contribution is -2.54. The van der Waals surface area contributed by atoms with E-state index in [1.54, 1.807) is 0 Å². The zero-order chi connectivity index (χ0) is 19.4. The van der Waals surface area contributed by atoms with Crippen molar-refractivity contribution in [2.45, 2.75) is 33.1 Å². The summed E-state index contributed by atoms with van der Waals surface area (Å²) in [6.07, 6.45) is 3.40. The van der Waals surface area contributed by atoms with Crippen molar-refractivity contribution in [1.82, 2.24) is 13.5 Å². The van der Waals surface area contributed by atoms with Crippen molar-refractivity contribution in [1.29, 1.82) is 0 Å². The van der Waals surface area contributed by atoms with Crippen LogP contribution in [0, 0.1) is 0 Å². The molecule has 27 heavy (non-hydrogen) atoms. The smallest absolute Gasteiger partial charge is 0.282 e. The van der Waals surface area contributed by atoms with Crippen molar-refractivity contribution < 1.29 is 13.2 Å². The van der Waals surface area contributed by atoms with Gasteiger partial charge >= 0.3 is 0 Å². The molecule has 0 saturated carbocycles. The molecule has 1 amide bonds. The van der Waals surface area contributed by atoms with Gasteiger partial charge in [0.05, 0.1) is 6.54 Å². The molecule has 1 aromatic rings. The molecule has 0 bridgehead atoms. The maximum Gasteiger partial charge on any atom is 0.282 e. The minimum atomic E-state index is -3.39. The highest BCUT2D eigenvalue weighted by molar-refractivity contribution is 7.86. The number of carbonyl (C=O) groups excluding carboxylic acids is 1. The molecule has 1 fully saturated rings. The van der Waals surface area contributed by atoms with Gasteiger partial charge in [0.2, 0.25) is 5.91 Å². The van der Waals surface area contributed by atoms with Crippen molar-refractivity contribution in [3.8, 4) is 0 Å². The number of nitrogens with one attached hydrogen (secondary N) is 1. The van der Waals surface area contributed by atoms with Crippen LogP contribution in [0.2, 0.25) is 0 Å². The summed E-state index contributed by atoms with van der Waals surface area (Å²) in [5.74, 6) is -0.0482. The molecule has 1 N–H and O–H groups in total. The van der Waals surface area contributed by atoms with Gasteiger partial charge in [-0.05, 0) is 42.5 Å². The van der Waals surface area contributed by atoms with Gasteiger partial charge in [-0.1, -0.05) is 19.9 Å². The Balaban J connectivity index is 1.49. The topological polar surface area (TPSA) is 73.0 Å². The first-order chi connectivity index (χ1) is 12.9. The van der Waals surface area contributed by atoms with Gasteiger partial charge in [-0.3, -0.25) is 9.69 Å². The van der Waals surface area contributed by atoms with Crippen molar-refractivity contribution >= 4 is 21.8 Å². The molecule has 0 spiro atoms. The molecule has 1 aromatic carbocycles. The minimum absolute atomic E-state index is 0.0482. The molecule has 8 heteroatoms. The number of amides is 1. The number of aryl methyl sites for hydroxylation is 2. The molecule has 3 rings (SSSR count). The Hall–Kier alpha value is -1.48. The van der Waals surface area contributed by atoms with Crippen LogP contribution >= 0.6 is 0 Å². The summed E-state index contributed by atoms with van der Waals surface area (Å²) in [5.41, 5.74) is 3.57. The number of hydrogen-bond acceptors (Lipinski definition) is 4. The first-order valence-electron chi connectivity index (χ1n) is 9.83. The predicted octanol–water partition coefficient (Wildman–Crippen LogP) is 1.32. The average Bonchev–Trinajstić information content (AvgIpc) is 3.10. The van der Waals surface area contributed by atoms with Gasteiger partial charge in [0, 0.05) is 45.0 Å². The Labute approximate surface area is 162 Å². The summed E-state index contributed by atoms with van der Waals surface area (Å²) < 4.78 is 28.1. The lowest BCUT2D eigenvalue weighted by Gasteiger charge is -2.35. The third-order valence-corrected chi connectivity index (χ3v) is 7.63. The molecular weight excluding hydrogens is 364 g/mol. The molecule has 1 aliphatic carbocycles. The molecule has 150 valence electrons. The number of piperazine rings is 1. The molecule has 0 unspecified atom stereocenters. The summed E-state index contributed by atoms with van der Waals surface area (Å²) in [5, 5.41) is 2.98. The number of nitrogens with zero attached hydrogens (tertiary/aromatic N) is 3. The fourth-order valence-corrected chi connectivity index (χ4v) is 5.49. The summed E-state index contributed by atoms with van der Waals surface area (Å²) in [7, 11) is -3.39. The van der Waals surface area contributed by atoms with Crippen LogP contribution in [0.1, 0.15) is 31.4 Å². The van der Waals surface area contributed by atoms with E-state index in [0.29, 0.717) is 39.3 Å². The standard InChI is InChI=1S/C19H30N4O3S/c1-3-22(4-2)27(25,26)23-12-10-21(11-13-23)15-19(24)20-18-9-8-16-6-5-7-17(16)14-18/h8-9,14H,3-7,10-13,15H2,1-2H3,(H,20,24). The van der Waals surface area contributed by atoms with Gasteiger partial charge in [0.1, 0.15) is 0 Å². The first kappa shape index (κ1) is 20.3. The van der Waals surface area contributed by atoms with Crippen LogP contribution in [-0.2, 0) is 27.8 Å². The van der Waals surface area contributed by atoms with Crippen LogP contribution in [0.5, 0.6) is 0 Å². The van der Waals surface area contributed by atoms with Gasteiger partial charge in [0.25, 0.3) is 10.2 Å². The van der Waals surface area contributed by atoms with Crippen molar-refractivity contribution in [3.63, 3.8) is 0 Å². The van der Waals surface area contributed by atoms with Crippen LogP contribution in [-0.4, -0.2) is 73.6 Å². The summed E-state index contributed by atoms with van der Waals surface area (Å²) in [6, 6.07) is 6.15. The monoisotopic (exact) mass is 394 g/mol. The van der Waals surface area contributed by atoms with Gasteiger partial charge < -0.3 is 5.32 Å². The Morgan fingerprint density at radius 3 is 2.41 bits per heavy atom. The highest BCUT2D eigenvalue weighted by atomic mass is 32.2. The molecule has 1 saturated heterocycles. The average molecular weight is 395 g/mol. The lowest BCUT2D eigenvalue weighted by molar-refractivity contribution is -0.117. The number of carbonyl (C=O) groups is 1. The number of rotatable bonds is 7. The molecule has 0 aromatic heterocycles. The third kappa shape index (κ3) is 4.68. The van der Waals surface area contributed by atoms with Crippen LogP contribution < -0.4 is 5.32 Å². The summed E-state index contributed by atoms with van der Waals surface area (Å²) >= 11 is 0. The number of hydrogen-bond donors (Lipinski definition) is 1. The second kappa shape index (κ2) is 8.68. The maximum atomic E-state index is 12.6. The molecule has 0 radical (unpaired) electrons. The first-order valence-corrected chi connectivity index (χ1v) is 11.2. The molecule has 2 aliphatic rings. The third-order valence-electron chi connectivity index (χ3n) is 5.44. The van der Waals surface area contributed by atoms with E-state index in [9.17, 15) is 13.2 Å². The van der Waals surface area contributed by atoms with Crippen molar-refractivity contribution in [2.24, 2.45) is 0 Å². The molecular formula is C19H30N4O3S. The van der Waals surface area contributed by atoms with Crippen molar-refractivity contribution in [3.05, 3.63) is 29.3 Å². The normalized spacial score (nSPS) is 18.6. The number of fused-ring (bicyclic) bond motifs is 1. The van der Waals surface area contributed by atoms with Crippen molar-refractivity contribution in [2.75, 3.05) is 51.1 Å². The number of benzene rings is 1. The second-order valence-electron chi connectivity index (χ2n) is 7.15. The van der Waals surface area contributed by atoms with Gasteiger partial charge in [-0.25, -0.2) is 0 Å². The Kier molecular flexibility index (Phi) is 6.52. The number of anilines is 1. The van der Waals surface area contributed by atoms with E-state index in [0.717, 1.165) is 18.5 Å². The molecule has 1 heterocycles. The highest BCUT2D eigenvalue weighted by Crippen LogP contribution is 2.24. The molecule has 7 nitrogen and oxygen atoms in total. The Morgan fingerprint density at radius 2 is 1.74 bits per heavy atom. The summed E-state index contributed by atoms with van der Waals surface area (Å²) in [4.78, 5) is 14.4. The van der Waals surface area contributed by atoms with E-state index in [4.69, 9.17) is 0 Å². The van der Waals surface area contributed by atoms with E-state index < -0.39 is 10.2 Å². The fraction of sp³-hybridized carbons (Fsp3) is 0.632. The molecule has 1 aliphatic heterocycles. The molecule has 0 atom stereocenters. The minimum Gasteiger partial charge on any atom is -0.325 e. The Bertz CT molecular complexity index is 769. The van der Waals surface area contributed by atoms with Crippen LogP contribution in [0.4, 0.5) is 5.69 Å². The fourth-order valence-electron chi connectivity index (χ4n) is 3.88. The largest absolute Gasteiger partial charge is 0.325 e. The van der Waals surface area contributed by atoms with Gasteiger partial charge in [0.15, 0.2) is 0 Å². The van der Waals surface area contributed by atoms with E-state index in [1.165, 1.54) is 26.2 Å². The maximum absolute atomic E-state index is 12.6. The van der Waals surface area contributed by atoms with Crippen LogP contribution in [0.15, 0.2) is 18.2 Å². The lowest BCUT2D eigenvalue weighted by atomic mass is 10.1. The Morgan fingerprint density at radius 1 is 1.07 bits per heavy atom. The zero-order valence-corrected chi connectivity index (χ0v) is 17.1.